The zero-order chi connectivity index (χ0) is 15.4. The maximum absolute atomic E-state index is 12.1. The number of nitrogens with one attached hydrogen (secondary N) is 2. The van der Waals surface area contributed by atoms with E-state index in [1.165, 1.54) is 17.0 Å². The van der Waals surface area contributed by atoms with E-state index in [0.717, 1.165) is 5.56 Å². The molecule has 0 saturated heterocycles. The van der Waals surface area contributed by atoms with Gasteiger partial charge in [0.15, 0.2) is 0 Å². The van der Waals surface area contributed by atoms with E-state index in [2.05, 4.69) is 31.4 Å². The summed E-state index contributed by atoms with van der Waals surface area (Å²) in [4.78, 5) is 24.7. The molecule has 2 aromatic rings. The maximum atomic E-state index is 12.1. The fourth-order valence-corrected chi connectivity index (χ4v) is 2.08. The monoisotopic (exact) mass is 352 g/mol. The number of urea groups is 1. The van der Waals surface area contributed by atoms with Crippen LogP contribution < -0.4 is 5.32 Å². The van der Waals surface area contributed by atoms with Crippen molar-refractivity contribution in [1.82, 2.24) is 15.1 Å². The first-order valence-electron chi connectivity index (χ1n) is 6.00. The molecule has 21 heavy (non-hydrogen) atoms. The van der Waals surface area contributed by atoms with E-state index < -0.39 is 12.0 Å². The molecular formula is C13H13BrN4O3. The van der Waals surface area contributed by atoms with Crippen molar-refractivity contribution in [2.24, 2.45) is 0 Å². The lowest BCUT2D eigenvalue weighted by Crippen LogP contribution is -2.31. The molecular weight excluding hydrogens is 340 g/mol. The van der Waals surface area contributed by atoms with Crippen molar-refractivity contribution in [2.45, 2.75) is 6.54 Å². The van der Waals surface area contributed by atoms with Gasteiger partial charge in [-0.1, -0.05) is 15.9 Å². The lowest BCUT2D eigenvalue weighted by molar-refractivity contribution is 0.0698. The number of amides is 2. The second-order valence-electron chi connectivity index (χ2n) is 4.39. The third-order valence-electron chi connectivity index (χ3n) is 2.77. The molecule has 0 aliphatic heterocycles. The summed E-state index contributed by atoms with van der Waals surface area (Å²) >= 11 is 3.20. The van der Waals surface area contributed by atoms with Crippen molar-refractivity contribution < 1.29 is 14.7 Å². The van der Waals surface area contributed by atoms with E-state index in [-0.39, 0.29) is 11.3 Å². The SMILES string of the molecule is CN(Cc1cn[nH]c1)C(=O)Nc1ccc(Br)cc1C(=O)O. The number of carbonyl (C=O) groups excluding carboxylic acids is 1. The number of hydrogen-bond acceptors (Lipinski definition) is 3. The van der Waals surface area contributed by atoms with Gasteiger partial charge in [-0.25, -0.2) is 9.59 Å². The molecule has 0 aliphatic rings. The minimum Gasteiger partial charge on any atom is -0.478 e. The van der Waals surface area contributed by atoms with Crippen LogP contribution in [0, 0.1) is 0 Å². The van der Waals surface area contributed by atoms with Crippen LogP contribution in [0.5, 0.6) is 0 Å². The highest BCUT2D eigenvalue weighted by Gasteiger charge is 2.15. The summed E-state index contributed by atoms with van der Waals surface area (Å²) in [6, 6.07) is 4.24. The second-order valence-corrected chi connectivity index (χ2v) is 5.30. The number of aromatic amines is 1. The Morgan fingerprint density at radius 1 is 1.48 bits per heavy atom. The quantitative estimate of drug-likeness (QED) is 0.787. The molecule has 0 spiro atoms. The lowest BCUT2D eigenvalue weighted by atomic mass is 10.2. The van der Waals surface area contributed by atoms with Gasteiger partial charge < -0.3 is 15.3 Å². The molecule has 0 atom stereocenters. The molecule has 2 amide bonds. The molecule has 1 aromatic carbocycles. The van der Waals surface area contributed by atoms with Crippen molar-refractivity contribution in [1.29, 1.82) is 0 Å². The lowest BCUT2D eigenvalue weighted by Gasteiger charge is -2.18. The van der Waals surface area contributed by atoms with Gasteiger partial charge in [0.1, 0.15) is 0 Å². The molecule has 0 bridgehead atoms. The molecule has 7 nitrogen and oxygen atoms in total. The smallest absolute Gasteiger partial charge is 0.337 e. The van der Waals surface area contributed by atoms with Crippen LogP contribution in [0.3, 0.4) is 0 Å². The van der Waals surface area contributed by atoms with Crippen LogP contribution in [0.15, 0.2) is 35.1 Å². The molecule has 3 N–H and O–H groups in total. The highest BCUT2D eigenvalue weighted by molar-refractivity contribution is 9.10. The highest BCUT2D eigenvalue weighted by atomic mass is 79.9. The van der Waals surface area contributed by atoms with Gasteiger partial charge in [0.2, 0.25) is 0 Å². The van der Waals surface area contributed by atoms with Gasteiger partial charge in [0.25, 0.3) is 0 Å². The minimum absolute atomic E-state index is 0.0226. The molecule has 0 saturated carbocycles. The number of aromatic carboxylic acids is 1. The van der Waals surface area contributed by atoms with Crippen LogP contribution in [-0.4, -0.2) is 39.3 Å². The van der Waals surface area contributed by atoms with Crippen LogP contribution in [0.25, 0.3) is 0 Å². The van der Waals surface area contributed by atoms with Gasteiger partial charge in [0.05, 0.1) is 24.0 Å². The van der Waals surface area contributed by atoms with E-state index in [1.54, 1.807) is 25.5 Å². The Bertz CT molecular complexity index is 657. The number of halogens is 1. The fraction of sp³-hybridized carbons (Fsp3) is 0.154. The molecule has 0 aliphatic carbocycles. The minimum atomic E-state index is -1.11. The number of H-pyrrole nitrogens is 1. The Hall–Kier alpha value is -2.35. The molecule has 8 heteroatoms. The number of carboxylic acid groups (broad SMARTS) is 1. The van der Waals surface area contributed by atoms with Gasteiger partial charge in [-0.05, 0) is 18.2 Å². The molecule has 110 valence electrons. The van der Waals surface area contributed by atoms with Crippen LogP contribution in [-0.2, 0) is 6.54 Å². The van der Waals surface area contributed by atoms with Crippen LogP contribution in [0.2, 0.25) is 0 Å². The van der Waals surface area contributed by atoms with Crippen LogP contribution in [0.4, 0.5) is 10.5 Å². The molecule has 0 radical (unpaired) electrons. The Morgan fingerprint density at radius 3 is 2.86 bits per heavy atom. The standard InChI is InChI=1S/C13H13BrN4O3/c1-18(7-8-5-15-16-6-8)13(21)17-11-3-2-9(14)4-10(11)12(19)20/h2-6H,7H2,1H3,(H,15,16)(H,17,21)(H,19,20). The zero-order valence-electron chi connectivity index (χ0n) is 11.1. The Balaban J connectivity index is 2.10. The normalized spacial score (nSPS) is 10.2. The Labute approximate surface area is 129 Å². The van der Waals surface area contributed by atoms with E-state index in [4.69, 9.17) is 5.11 Å². The van der Waals surface area contributed by atoms with Gasteiger partial charge >= 0.3 is 12.0 Å². The summed E-state index contributed by atoms with van der Waals surface area (Å²) in [6.45, 7) is 0.362. The third-order valence-corrected chi connectivity index (χ3v) is 3.27. The van der Waals surface area contributed by atoms with Crippen molar-refractivity contribution in [2.75, 3.05) is 12.4 Å². The predicted octanol–water partition coefficient (Wildman–Crippen LogP) is 2.53. The van der Waals surface area contributed by atoms with Gasteiger partial charge in [-0.3, -0.25) is 5.10 Å². The largest absolute Gasteiger partial charge is 0.478 e. The molecule has 2 rings (SSSR count). The Kier molecular flexibility index (Phi) is 4.59. The average molecular weight is 353 g/mol. The number of carboxylic acids is 1. The Morgan fingerprint density at radius 2 is 2.24 bits per heavy atom. The van der Waals surface area contributed by atoms with Gasteiger partial charge in [-0.2, -0.15) is 5.10 Å². The number of aromatic nitrogens is 2. The number of anilines is 1. The van der Waals surface area contributed by atoms with Crippen molar-refractivity contribution >= 4 is 33.6 Å². The van der Waals surface area contributed by atoms with Gasteiger partial charge in [0, 0.05) is 23.3 Å². The molecule has 0 unspecified atom stereocenters. The van der Waals surface area contributed by atoms with Gasteiger partial charge in [-0.15, -0.1) is 0 Å². The first-order chi connectivity index (χ1) is 9.97. The molecule has 1 aromatic heterocycles. The van der Waals surface area contributed by atoms with E-state index in [0.29, 0.717) is 11.0 Å². The topological polar surface area (TPSA) is 98.3 Å². The summed E-state index contributed by atoms with van der Waals surface area (Å²) in [5.41, 5.74) is 1.12. The van der Waals surface area contributed by atoms with E-state index in [1.807, 2.05) is 0 Å². The van der Waals surface area contributed by atoms with Crippen LogP contribution in [0.1, 0.15) is 15.9 Å². The van der Waals surface area contributed by atoms with Crippen LogP contribution >= 0.6 is 15.9 Å². The van der Waals surface area contributed by atoms with E-state index >= 15 is 0 Å². The summed E-state index contributed by atoms with van der Waals surface area (Å²) in [6.07, 6.45) is 3.30. The molecule has 1 heterocycles. The summed E-state index contributed by atoms with van der Waals surface area (Å²) in [5.74, 6) is -1.11. The van der Waals surface area contributed by atoms with Crippen molar-refractivity contribution in [3.05, 3.63) is 46.2 Å². The summed E-state index contributed by atoms with van der Waals surface area (Å²) in [7, 11) is 1.61. The number of hydrogen-bond donors (Lipinski definition) is 3. The number of nitrogens with zero attached hydrogens (tertiary/aromatic N) is 2. The zero-order valence-corrected chi connectivity index (χ0v) is 12.7. The number of rotatable bonds is 4. The number of carbonyl (C=O) groups is 2. The third kappa shape index (κ3) is 3.82. The molecule has 0 fully saturated rings. The first-order valence-corrected chi connectivity index (χ1v) is 6.79. The summed E-state index contributed by atoms with van der Waals surface area (Å²) < 4.78 is 0.629. The van der Waals surface area contributed by atoms with Crippen molar-refractivity contribution in [3.63, 3.8) is 0 Å². The number of benzene rings is 1. The van der Waals surface area contributed by atoms with Crippen molar-refractivity contribution in [3.8, 4) is 0 Å². The predicted molar refractivity (Wildman–Crippen MR) is 80.2 cm³/mol. The fourth-order valence-electron chi connectivity index (χ4n) is 1.72. The van der Waals surface area contributed by atoms with E-state index in [9.17, 15) is 9.59 Å². The second kappa shape index (κ2) is 6.40. The first kappa shape index (κ1) is 15.0. The maximum Gasteiger partial charge on any atom is 0.337 e. The summed E-state index contributed by atoms with van der Waals surface area (Å²) in [5, 5.41) is 18.2. The highest BCUT2D eigenvalue weighted by Crippen LogP contribution is 2.21. The average Bonchev–Trinajstić information content (AvgIpc) is 2.93.